The molecule has 0 saturated heterocycles. The van der Waals surface area contributed by atoms with Gasteiger partial charge in [-0.15, -0.1) is 11.3 Å². The number of benzene rings is 2. The number of nitrogens with zero attached hydrogens (tertiary/aromatic N) is 2. The number of carbonyl (C=O) groups excluding carboxylic acids is 1. The Morgan fingerprint density at radius 1 is 1.19 bits per heavy atom. The van der Waals surface area contributed by atoms with Crippen molar-refractivity contribution in [3.63, 3.8) is 0 Å². The molecule has 0 aliphatic carbocycles. The lowest BCUT2D eigenvalue weighted by Gasteiger charge is -2.09. The van der Waals surface area contributed by atoms with Crippen LogP contribution in [0.25, 0.3) is 21.3 Å². The van der Waals surface area contributed by atoms with Gasteiger partial charge in [-0.1, -0.05) is 41.9 Å². The number of anilines is 3. The first-order chi connectivity index (χ1) is 14.9. The van der Waals surface area contributed by atoms with Gasteiger partial charge in [0.1, 0.15) is 28.0 Å². The van der Waals surface area contributed by atoms with Gasteiger partial charge < -0.3 is 16.4 Å². The molecule has 0 unspecified atom stereocenters. The van der Waals surface area contributed by atoms with E-state index >= 15 is 0 Å². The fraction of sp³-hybridized carbons (Fsp3) is 0.0870. The second-order valence-corrected chi connectivity index (χ2v) is 8.33. The molecule has 6 nitrogen and oxygen atoms in total. The molecule has 2 heterocycles. The van der Waals surface area contributed by atoms with Gasteiger partial charge in [0.05, 0.1) is 10.2 Å². The number of nitrogens with one attached hydrogen (secondary N) is 2. The second-order valence-electron chi connectivity index (χ2n) is 6.87. The van der Waals surface area contributed by atoms with Crippen molar-refractivity contribution in [3.8, 4) is 17.2 Å². The van der Waals surface area contributed by atoms with Crippen LogP contribution in [0.1, 0.15) is 21.5 Å². The van der Waals surface area contributed by atoms with Crippen LogP contribution in [-0.4, -0.2) is 17.9 Å². The molecule has 1 amide bonds. The summed E-state index contributed by atoms with van der Waals surface area (Å²) >= 11 is 7.42. The van der Waals surface area contributed by atoms with Crippen molar-refractivity contribution in [1.82, 2.24) is 10.3 Å². The van der Waals surface area contributed by atoms with E-state index in [1.54, 1.807) is 19.2 Å². The number of aryl methyl sites for hydroxylation is 1. The van der Waals surface area contributed by atoms with Crippen molar-refractivity contribution >= 4 is 55.6 Å². The standard InChI is InChI=1S/C23H18ClN5OS/c1-12-5-3-4-6-16(12)28-23-18(22(30)27-2)19-20(31-23)17(15(11-25)21(26)29-19)13-7-9-14(24)10-8-13/h3-10,28H,1-2H3,(H2,26,29)(H,27,30). The highest BCUT2D eigenvalue weighted by molar-refractivity contribution is 7.24. The van der Waals surface area contributed by atoms with E-state index in [9.17, 15) is 10.1 Å². The Morgan fingerprint density at radius 3 is 2.55 bits per heavy atom. The SMILES string of the molecule is CNC(=O)c1c(Nc2ccccc2C)sc2c(-c3ccc(Cl)cc3)c(C#N)c(N)nc12. The summed E-state index contributed by atoms with van der Waals surface area (Å²) in [5.74, 6) is -0.216. The van der Waals surface area contributed by atoms with E-state index in [-0.39, 0.29) is 17.3 Å². The average Bonchev–Trinajstić information content (AvgIpc) is 3.11. The van der Waals surface area contributed by atoms with E-state index in [4.69, 9.17) is 17.3 Å². The van der Waals surface area contributed by atoms with Crippen LogP contribution >= 0.6 is 22.9 Å². The Morgan fingerprint density at radius 2 is 1.90 bits per heavy atom. The van der Waals surface area contributed by atoms with E-state index in [2.05, 4.69) is 21.7 Å². The maximum Gasteiger partial charge on any atom is 0.256 e. The van der Waals surface area contributed by atoms with Gasteiger partial charge >= 0.3 is 0 Å². The molecule has 0 radical (unpaired) electrons. The Bertz CT molecular complexity index is 1360. The third kappa shape index (κ3) is 3.67. The molecule has 0 aliphatic heterocycles. The third-order valence-corrected chi connectivity index (χ3v) is 6.30. The number of amides is 1. The van der Waals surface area contributed by atoms with Crippen LogP contribution in [0.2, 0.25) is 5.02 Å². The van der Waals surface area contributed by atoms with Crippen LogP contribution in [0.5, 0.6) is 0 Å². The zero-order valence-corrected chi connectivity index (χ0v) is 18.4. The number of pyridine rings is 1. The first-order valence-electron chi connectivity index (χ1n) is 9.41. The number of nitrogen functional groups attached to an aromatic ring is 1. The molecular weight excluding hydrogens is 430 g/mol. The number of hydrogen-bond donors (Lipinski definition) is 3. The van der Waals surface area contributed by atoms with E-state index in [1.807, 2.05) is 43.3 Å². The molecule has 2 aromatic heterocycles. The Hall–Kier alpha value is -3.60. The first kappa shape index (κ1) is 20.7. The van der Waals surface area contributed by atoms with Gasteiger partial charge in [0.15, 0.2) is 0 Å². The maximum atomic E-state index is 12.8. The monoisotopic (exact) mass is 447 g/mol. The van der Waals surface area contributed by atoms with Crippen LogP contribution in [-0.2, 0) is 0 Å². The fourth-order valence-corrected chi connectivity index (χ4v) is 4.73. The van der Waals surface area contributed by atoms with Crippen LogP contribution in [0.3, 0.4) is 0 Å². The average molecular weight is 448 g/mol. The normalized spacial score (nSPS) is 10.6. The molecule has 0 atom stereocenters. The van der Waals surface area contributed by atoms with Crippen molar-refractivity contribution in [2.75, 3.05) is 18.1 Å². The molecule has 0 bridgehead atoms. The van der Waals surface area contributed by atoms with Gasteiger partial charge in [-0.3, -0.25) is 4.79 Å². The number of carbonyl (C=O) groups is 1. The Balaban J connectivity index is 2.05. The predicted molar refractivity (Wildman–Crippen MR) is 127 cm³/mol. The minimum absolute atomic E-state index is 0.0744. The summed E-state index contributed by atoms with van der Waals surface area (Å²) in [4.78, 5) is 17.3. The van der Waals surface area contributed by atoms with Gasteiger partial charge in [-0.2, -0.15) is 5.26 Å². The second kappa shape index (κ2) is 8.26. The zero-order valence-electron chi connectivity index (χ0n) is 16.8. The molecule has 0 spiro atoms. The lowest BCUT2D eigenvalue weighted by Crippen LogP contribution is -2.19. The lowest BCUT2D eigenvalue weighted by atomic mass is 10.00. The Labute approximate surface area is 188 Å². The molecule has 31 heavy (non-hydrogen) atoms. The molecule has 8 heteroatoms. The van der Waals surface area contributed by atoms with Gasteiger partial charge in [-0.05, 0) is 36.2 Å². The summed E-state index contributed by atoms with van der Waals surface area (Å²) in [7, 11) is 1.57. The van der Waals surface area contributed by atoms with Gasteiger partial charge in [0.2, 0.25) is 0 Å². The largest absolute Gasteiger partial charge is 0.383 e. The molecule has 0 aliphatic rings. The maximum absolute atomic E-state index is 12.8. The number of thiophene rings is 1. The molecule has 2 aromatic carbocycles. The number of para-hydroxylation sites is 1. The van der Waals surface area contributed by atoms with Gasteiger partial charge in [0, 0.05) is 23.3 Å². The lowest BCUT2D eigenvalue weighted by molar-refractivity contribution is 0.0965. The molecule has 4 rings (SSSR count). The quantitative estimate of drug-likeness (QED) is 0.384. The topological polar surface area (TPSA) is 104 Å². The summed E-state index contributed by atoms with van der Waals surface area (Å²) < 4.78 is 0.697. The molecular formula is C23H18ClN5OS. The van der Waals surface area contributed by atoms with Crippen LogP contribution < -0.4 is 16.4 Å². The summed E-state index contributed by atoms with van der Waals surface area (Å²) in [5.41, 5.74) is 10.6. The molecule has 4 N–H and O–H groups in total. The van der Waals surface area contributed by atoms with Crippen LogP contribution in [0.15, 0.2) is 48.5 Å². The summed E-state index contributed by atoms with van der Waals surface area (Å²) in [5, 5.41) is 17.0. The first-order valence-corrected chi connectivity index (χ1v) is 10.6. The Kier molecular flexibility index (Phi) is 5.51. The predicted octanol–water partition coefficient (Wildman–Crippen LogP) is 5.48. The van der Waals surface area contributed by atoms with Gasteiger partial charge in [0.25, 0.3) is 5.91 Å². The smallest absolute Gasteiger partial charge is 0.256 e. The van der Waals surface area contributed by atoms with E-state index in [1.165, 1.54) is 11.3 Å². The van der Waals surface area contributed by atoms with Crippen LogP contribution in [0, 0.1) is 18.3 Å². The summed E-state index contributed by atoms with van der Waals surface area (Å²) in [6.45, 7) is 1.98. The third-order valence-electron chi connectivity index (χ3n) is 4.94. The van der Waals surface area contributed by atoms with Crippen molar-refractivity contribution in [1.29, 1.82) is 5.26 Å². The van der Waals surface area contributed by atoms with Crippen molar-refractivity contribution < 1.29 is 4.79 Å². The molecule has 0 saturated carbocycles. The van der Waals surface area contributed by atoms with Crippen molar-refractivity contribution in [2.45, 2.75) is 6.92 Å². The van der Waals surface area contributed by atoms with E-state index in [0.717, 1.165) is 16.8 Å². The fourth-order valence-electron chi connectivity index (χ4n) is 3.38. The van der Waals surface area contributed by atoms with Crippen LogP contribution in [0.4, 0.5) is 16.5 Å². The number of halogens is 1. The number of hydrogen-bond acceptors (Lipinski definition) is 6. The highest BCUT2D eigenvalue weighted by atomic mass is 35.5. The van der Waals surface area contributed by atoms with Crippen molar-refractivity contribution in [2.24, 2.45) is 0 Å². The van der Waals surface area contributed by atoms with Gasteiger partial charge in [-0.25, -0.2) is 4.98 Å². The zero-order chi connectivity index (χ0) is 22.1. The number of nitriles is 1. The molecule has 4 aromatic rings. The molecule has 0 fully saturated rings. The summed E-state index contributed by atoms with van der Waals surface area (Å²) in [6.07, 6.45) is 0. The van der Waals surface area contributed by atoms with Crippen molar-refractivity contribution in [3.05, 3.63) is 70.2 Å². The highest BCUT2D eigenvalue weighted by Crippen LogP contribution is 2.44. The minimum Gasteiger partial charge on any atom is -0.383 e. The number of rotatable bonds is 4. The number of aromatic nitrogens is 1. The van der Waals surface area contributed by atoms with E-state index < -0.39 is 0 Å². The highest BCUT2D eigenvalue weighted by Gasteiger charge is 2.25. The molecule has 154 valence electrons. The minimum atomic E-state index is -0.291. The number of nitrogens with two attached hydrogens (primary N) is 1. The van der Waals surface area contributed by atoms with E-state index in [0.29, 0.717) is 31.4 Å². The number of fused-ring (bicyclic) bond motifs is 1. The summed E-state index contributed by atoms with van der Waals surface area (Å²) in [6, 6.07) is 17.1.